The monoisotopic (exact) mass is 750 g/mol. The number of nitrogens with one attached hydrogen (secondary N) is 4. The number of fused-ring (bicyclic) bond motifs is 1. The SMILES string of the molecule is C=CC1C[C@]1(NC(=O)[C@@H]1[C@@H]2C(CN1C(=O)C(NC(=O)N[C@H](CN(C)S(C)(=O)=O)C(C)(C)C)C(C)(C)C)C2(C)C)C(=O)NS(=O)(=O)c1ccccc1. The second kappa shape index (κ2) is 13.5. The van der Waals surface area contributed by atoms with Crippen molar-refractivity contribution < 1.29 is 36.0 Å². The third-order valence-corrected chi connectivity index (χ3v) is 13.5. The smallest absolute Gasteiger partial charge is 0.315 e. The molecule has 2 aliphatic carbocycles. The molecule has 7 atom stereocenters. The van der Waals surface area contributed by atoms with Gasteiger partial charge in [0.1, 0.15) is 17.6 Å². The lowest BCUT2D eigenvalue weighted by Gasteiger charge is -2.39. The first-order valence-electron chi connectivity index (χ1n) is 17.0. The quantitative estimate of drug-likeness (QED) is 0.234. The molecule has 0 bridgehead atoms. The van der Waals surface area contributed by atoms with Gasteiger partial charge < -0.3 is 20.9 Å². The Bertz CT molecular complexity index is 1790. The van der Waals surface area contributed by atoms with Crippen LogP contribution in [-0.2, 0) is 34.4 Å². The molecular weight excluding hydrogens is 697 g/mol. The van der Waals surface area contributed by atoms with Crippen LogP contribution >= 0.6 is 0 Å². The summed E-state index contributed by atoms with van der Waals surface area (Å²) in [5, 5.41) is 8.49. The van der Waals surface area contributed by atoms with Gasteiger partial charge in [0, 0.05) is 32.1 Å². The fourth-order valence-corrected chi connectivity index (χ4v) is 8.57. The number of hydrogen-bond donors (Lipinski definition) is 4. The Kier molecular flexibility index (Phi) is 10.6. The first-order chi connectivity index (χ1) is 23.2. The largest absolute Gasteiger partial charge is 0.339 e. The number of amides is 5. The Morgan fingerprint density at radius 3 is 2.08 bits per heavy atom. The molecule has 0 radical (unpaired) electrons. The number of urea groups is 1. The third kappa shape index (κ3) is 8.27. The van der Waals surface area contributed by atoms with Crippen molar-refractivity contribution in [2.24, 2.45) is 34.0 Å². The molecule has 4 N–H and O–H groups in total. The normalized spacial score (nSPS) is 26.7. The van der Waals surface area contributed by atoms with Gasteiger partial charge in [-0.05, 0) is 46.6 Å². The van der Waals surface area contributed by atoms with Crippen molar-refractivity contribution in [2.75, 3.05) is 26.4 Å². The summed E-state index contributed by atoms with van der Waals surface area (Å²) in [5.74, 6) is -2.75. The van der Waals surface area contributed by atoms with E-state index in [-0.39, 0.29) is 41.7 Å². The molecule has 51 heavy (non-hydrogen) atoms. The molecule has 1 aliphatic heterocycles. The Balaban J connectivity index is 1.57. The van der Waals surface area contributed by atoms with Gasteiger partial charge in [-0.15, -0.1) is 6.58 Å². The van der Waals surface area contributed by atoms with Crippen LogP contribution in [0.4, 0.5) is 4.79 Å². The second-order valence-electron chi connectivity index (χ2n) is 17.0. The van der Waals surface area contributed by atoms with Gasteiger partial charge in [-0.2, -0.15) is 0 Å². The van der Waals surface area contributed by atoms with E-state index >= 15 is 0 Å². The van der Waals surface area contributed by atoms with Crippen molar-refractivity contribution in [3.05, 3.63) is 43.0 Å². The maximum atomic E-state index is 14.4. The maximum Gasteiger partial charge on any atom is 0.315 e. The summed E-state index contributed by atoms with van der Waals surface area (Å²) in [6.45, 7) is 19.0. The zero-order valence-corrected chi connectivity index (χ0v) is 32.9. The zero-order valence-electron chi connectivity index (χ0n) is 31.2. The minimum atomic E-state index is -4.23. The Hall–Kier alpha value is -3.50. The van der Waals surface area contributed by atoms with E-state index in [1.54, 1.807) is 26.8 Å². The predicted molar refractivity (Wildman–Crippen MR) is 193 cm³/mol. The lowest BCUT2D eigenvalue weighted by Crippen LogP contribution is -2.63. The molecule has 3 aliphatic rings. The molecule has 284 valence electrons. The standard InChI is InChI=1S/C35H54N6O8S2/c1-12-21-18-35(21,30(44)39-51(48,49)22-16-14-13-15-17-22)38-28(42)26-25-23(34(25,8)9)19-41(26)29(43)27(33(5,6)7)37-31(45)36-24(32(2,3)4)20-40(10)50(11,46)47/h12-17,21,23-27H,1,18-20H2,2-11H3,(H,38,42)(H,39,44)(H2,36,37,45)/t21?,23?,24-,25+,26+,27?,35-/m1/s1. The second-order valence-corrected chi connectivity index (χ2v) is 20.8. The van der Waals surface area contributed by atoms with Crippen molar-refractivity contribution >= 4 is 43.8 Å². The molecule has 1 aromatic carbocycles. The fourth-order valence-electron chi connectivity index (χ4n) is 7.09. The summed E-state index contributed by atoms with van der Waals surface area (Å²) in [6.07, 6.45) is 2.71. The summed E-state index contributed by atoms with van der Waals surface area (Å²) in [4.78, 5) is 57.1. The molecule has 2 saturated carbocycles. The van der Waals surface area contributed by atoms with E-state index in [9.17, 15) is 36.0 Å². The minimum absolute atomic E-state index is 0.00434. The predicted octanol–water partition coefficient (Wildman–Crippen LogP) is 2.06. The van der Waals surface area contributed by atoms with Crippen molar-refractivity contribution in [1.82, 2.24) is 29.9 Å². The molecule has 3 fully saturated rings. The number of likely N-dealkylation sites (N-methyl/N-ethyl adjacent to an activating group) is 1. The highest BCUT2D eigenvalue weighted by atomic mass is 32.2. The third-order valence-electron chi connectivity index (χ3n) is 10.8. The maximum absolute atomic E-state index is 14.4. The number of nitrogens with zero attached hydrogens (tertiary/aromatic N) is 2. The topological polar surface area (TPSA) is 191 Å². The lowest BCUT2D eigenvalue weighted by molar-refractivity contribution is -0.144. The van der Waals surface area contributed by atoms with Crippen LogP contribution in [0, 0.1) is 34.0 Å². The van der Waals surface area contributed by atoms with Crippen LogP contribution in [0.25, 0.3) is 0 Å². The van der Waals surface area contributed by atoms with Gasteiger partial charge >= 0.3 is 6.03 Å². The number of carbonyl (C=O) groups is 4. The number of sulfonamides is 2. The van der Waals surface area contributed by atoms with Gasteiger partial charge in [0.2, 0.25) is 21.8 Å². The molecule has 14 nitrogen and oxygen atoms in total. The molecule has 4 rings (SSSR count). The number of hydrogen-bond acceptors (Lipinski definition) is 8. The molecule has 1 aromatic rings. The van der Waals surface area contributed by atoms with Crippen molar-refractivity contribution in [3.63, 3.8) is 0 Å². The molecule has 1 heterocycles. The number of rotatable bonds is 12. The van der Waals surface area contributed by atoms with Crippen LogP contribution in [0.15, 0.2) is 47.9 Å². The van der Waals surface area contributed by atoms with Crippen LogP contribution in [-0.4, -0.2) is 99.9 Å². The molecule has 0 aromatic heterocycles. The molecular formula is C35H54N6O8S2. The highest BCUT2D eigenvalue weighted by molar-refractivity contribution is 7.90. The van der Waals surface area contributed by atoms with Crippen LogP contribution in [0.1, 0.15) is 61.8 Å². The summed E-state index contributed by atoms with van der Waals surface area (Å²) < 4.78 is 53.6. The van der Waals surface area contributed by atoms with Crippen LogP contribution < -0.4 is 20.7 Å². The first-order valence-corrected chi connectivity index (χ1v) is 20.4. The van der Waals surface area contributed by atoms with Gasteiger partial charge in [-0.1, -0.05) is 79.7 Å². The van der Waals surface area contributed by atoms with Crippen LogP contribution in [0.3, 0.4) is 0 Å². The zero-order chi connectivity index (χ0) is 38.7. The lowest BCUT2D eigenvalue weighted by atomic mass is 9.85. The molecule has 1 saturated heterocycles. The number of likely N-dealkylation sites (tertiary alicyclic amines) is 1. The molecule has 16 heteroatoms. The van der Waals surface area contributed by atoms with E-state index in [2.05, 4.69) is 27.3 Å². The number of piperidine rings is 1. The van der Waals surface area contributed by atoms with Gasteiger partial charge in [0.25, 0.3) is 15.9 Å². The number of carbonyl (C=O) groups excluding carboxylic acids is 4. The summed E-state index contributed by atoms with van der Waals surface area (Å²) in [7, 11) is -6.34. The molecule has 0 spiro atoms. The van der Waals surface area contributed by atoms with E-state index < -0.39 is 84.2 Å². The molecule has 3 unspecified atom stereocenters. The first kappa shape index (κ1) is 40.3. The highest BCUT2D eigenvalue weighted by Crippen LogP contribution is 2.65. The summed E-state index contributed by atoms with van der Waals surface area (Å²) >= 11 is 0. The average Bonchev–Trinajstić information content (AvgIpc) is 3.76. The van der Waals surface area contributed by atoms with Crippen molar-refractivity contribution in [3.8, 4) is 0 Å². The van der Waals surface area contributed by atoms with Gasteiger partial charge in [-0.25, -0.2) is 30.7 Å². The summed E-state index contributed by atoms with van der Waals surface area (Å²) in [6, 6.07) is 4.06. The Morgan fingerprint density at radius 2 is 1.59 bits per heavy atom. The minimum Gasteiger partial charge on any atom is -0.339 e. The average molecular weight is 751 g/mol. The van der Waals surface area contributed by atoms with E-state index in [0.29, 0.717) is 0 Å². The highest BCUT2D eigenvalue weighted by Gasteiger charge is 2.71. The van der Waals surface area contributed by atoms with E-state index in [4.69, 9.17) is 0 Å². The summed E-state index contributed by atoms with van der Waals surface area (Å²) in [5.41, 5.74) is -3.21. The van der Waals surface area contributed by atoms with E-state index in [1.165, 1.54) is 42.3 Å². The molecule has 5 amide bonds. The fraction of sp³-hybridized carbons (Fsp3) is 0.657. The van der Waals surface area contributed by atoms with Gasteiger partial charge in [-0.3, -0.25) is 14.4 Å². The Labute approximate surface area is 302 Å². The van der Waals surface area contributed by atoms with Crippen molar-refractivity contribution in [2.45, 2.75) is 90.4 Å². The number of benzene rings is 1. The van der Waals surface area contributed by atoms with E-state index in [0.717, 1.165) is 10.6 Å². The van der Waals surface area contributed by atoms with Crippen LogP contribution in [0.5, 0.6) is 0 Å². The van der Waals surface area contributed by atoms with Crippen LogP contribution in [0.2, 0.25) is 0 Å². The van der Waals surface area contributed by atoms with Gasteiger partial charge in [0.15, 0.2) is 0 Å². The van der Waals surface area contributed by atoms with Crippen molar-refractivity contribution in [1.29, 1.82) is 0 Å². The van der Waals surface area contributed by atoms with Gasteiger partial charge in [0.05, 0.1) is 11.2 Å². The Morgan fingerprint density at radius 1 is 1.00 bits per heavy atom. The van der Waals surface area contributed by atoms with E-state index in [1.807, 2.05) is 34.6 Å².